The van der Waals surface area contributed by atoms with Gasteiger partial charge < -0.3 is 20.3 Å². The number of carbonyl (C=O) groups excluding carboxylic acids is 1. The number of sulfone groups is 1. The number of hydrogen-bond donors (Lipinski definition) is 3. The Bertz CT molecular complexity index is 1640. The number of hydrogen-bond acceptors (Lipinski definition) is 8. The molecule has 10 heteroatoms. The Kier molecular flexibility index (Phi) is 10.4. The summed E-state index contributed by atoms with van der Waals surface area (Å²) < 4.78 is 30.9. The fourth-order valence-corrected chi connectivity index (χ4v) is 16.8. The summed E-state index contributed by atoms with van der Waals surface area (Å²) in [4.78, 5) is 27.6. The van der Waals surface area contributed by atoms with Crippen LogP contribution < -0.4 is 5.32 Å². The van der Waals surface area contributed by atoms with Gasteiger partial charge in [0.15, 0.2) is 9.84 Å². The van der Waals surface area contributed by atoms with Gasteiger partial charge in [0.25, 0.3) is 0 Å². The summed E-state index contributed by atoms with van der Waals surface area (Å²) >= 11 is 0. The summed E-state index contributed by atoms with van der Waals surface area (Å²) in [6, 6.07) is -0.120. The van der Waals surface area contributed by atoms with Crippen LogP contribution in [0.3, 0.4) is 0 Å². The summed E-state index contributed by atoms with van der Waals surface area (Å²) in [6.45, 7) is 26.7. The van der Waals surface area contributed by atoms with Crippen molar-refractivity contribution in [2.45, 2.75) is 157 Å². The van der Waals surface area contributed by atoms with Crippen LogP contribution in [0.1, 0.15) is 133 Å². The van der Waals surface area contributed by atoms with Crippen molar-refractivity contribution in [1.82, 2.24) is 10.2 Å². The second-order valence-electron chi connectivity index (χ2n) is 22.0. The number of fused-ring (bicyclic) bond motifs is 7. The average Bonchev–Trinajstić information content (AvgIpc) is 3.46. The topological polar surface area (TPSA) is 133 Å². The van der Waals surface area contributed by atoms with Crippen molar-refractivity contribution >= 4 is 21.8 Å². The highest BCUT2D eigenvalue weighted by molar-refractivity contribution is 7.91. The molecule has 0 unspecified atom stereocenters. The van der Waals surface area contributed by atoms with E-state index in [9.17, 15) is 28.2 Å². The first-order valence-corrected chi connectivity index (χ1v) is 23.7. The molecule has 1 heterocycles. The number of carboxylic acids is 1. The van der Waals surface area contributed by atoms with E-state index in [1.807, 2.05) is 20.8 Å². The van der Waals surface area contributed by atoms with E-state index in [1.165, 1.54) is 31.3 Å². The third kappa shape index (κ3) is 6.33. The lowest BCUT2D eigenvalue weighted by molar-refractivity contribution is -0.248. The Hall–Kier alpha value is -1.49. The maximum Gasteiger partial charge on any atom is 0.309 e. The largest absolute Gasteiger partial charge is 0.481 e. The molecule has 6 saturated carbocycles. The maximum atomic E-state index is 13.6. The van der Waals surface area contributed by atoms with Crippen molar-refractivity contribution in [3.8, 4) is 0 Å². The Morgan fingerprint density at radius 3 is 2.13 bits per heavy atom. The highest BCUT2D eigenvalue weighted by Crippen LogP contribution is 2.76. The van der Waals surface area contributed by atoms with Gasteiger partial charge in [0.05, 0.1) is 29.4 Å². The summed E-state index contributed by atoms with van der Waals surface area (Å²) in [7, 11) is -3.00. The lowest BCUT2D eigenvalue weighted by atomic mass is 9.32. The van der Waals surface area contributed by atoms with Crippen molar-refractivity contribution in [1.29, 1.82) is 0 Å². The zero-order chi connectivity index (χ0) is 40.3. The van der Waals surface area contributed by atoms with E-state index in [4.69, 9.17) is 4.74 Å². The summed E-state index contributed by atoms with van der Waals surface area (Å²) in [5.41, 5.74) is 1.00. The number of rotatable bonds is 9. The van der Waals surface area contributed by atoms with Gasteiger partial charge in [0.2, 0.25) is 0 Å². The number of allylic oxidation sites excluding steroid dienone is 1. The standard InChI is InChI=1S/C45H74N2O7S/c1-27(2)29-13-18-45(46-26-33(28(3)48)47-21-23-55(52,53)24-22-47)20-19-43(9)30(37(29)45)11-12-35-42(8)16-15-36(41(6,7)34(42)14-17-44(35,43)10)54-39(51)32-25-31(38(49)50)40(32,4)5/h28-37,46,48H,1,11-26H2,2-10H3,(H,49,50)/t28-,29-,30+,31-,32+,33-,34-,35+,36-,37+,42-,43+,44+,45-/m0/s1. The smallest absolute Gasteiger partial charge is 0.309 e. The SMILES string of the molecule is C=C(C)[C@@H]1CC[C@]2(NC[C@@H]([C@H](C)O)N3CCS(=O)(=O)CC3)CC[C@]3(C)[C@H](CC[C@@H]4[C@@]5(C)CC[C@H](OC(=O)[C@H]6C[C@@H](C(=O)O)C6(C)C)C(C)(C)[C@@H]5CC[C@]43C)[C@@H]12. The van der Waals surface area contributed by atoms with Crippen LogP contribution in [0.15, 0.2) is 12.2 Å². The number of nitrogens with one attached hydrogen (secondary N) is 1. The summed E-state index contributed by atoms with van der Waals surface area (Å²) in [5.74, 6) is 0.964. The predicted octanol–water partition coefficient (Wildman–Crippen LogP) is 7.12. The van der Waals surface area contributed by atoms with Crippen LogP contribution in [0.5, 0.6) is 0 Å². The van der Waals surface area contributed by atoms with E-state index in [-0.39, 0.29) is 62.7 Å². The van der Waals surface area contributed by atoms with E-state index in [0.29, 0.717) is 55.6 Å². The molecule has 0 aromatic carbocycles. The second-order valence-corrected chi connectivity index (χ2v) is 24.3. The van der Waals surface area contributed by atoms with Gasteiger partial charge in [-0.2, -0.15) is 0 Å². The van der Waals surface area contributed by atoms with Crippen LogP contribution in [0.4, 0.5) is 0 Å². The van der Waals surface area contributed by atoms with E-state index < -0.39 is 33.2 Å². The average molecular weight is 787 g/mol. The molecular formula is C45H74N2O7S. The Balaban J connectivity index is 1.10. The first kappa shape index (κ1) is 41.7. The zero-order valence-electron chi connectivity index (χ0n) is 35.6. The molecule has 7 aliphatic rings. The van der Waals surface area contributed by atoms with Gasteiger partial charge in [0.1, 0.15) is 6.10 Å². The molecule has 9 nitrogen and oxygen atoms in total. The third-order valence-electron chi connectivity index (χ3n) is 19.2. The van der Waals surface area contributed by atoms with Gasteiger partial charge >= 0.3 is 11.9 Å². The molecule has 0 aromatic heterocycles. The number of aliphatic hydroxyl groups is 1. The van der Waals surface area contributed by atoms with Crippen LogP contribution in [0.25, 0.3) is 0 Å². The number of carbonyl (C=O) groups is 2. The number of esters is 1. The van der Waals surface area contributed by atoms with E-state index in [1.54, 1.807) is 0 Å². The van der Waals surface area contributed by atoms with Crippen molar-refractivity contribution in [3.63, 3.8) is 0 Å². The fourth-order valence-electron chi connectivity index (χ4n) is 15.6. The molecule has 7 fully saturated rings. The van der Waals surface area contributed by atoms with E-state index in [0.717, 1.165) is 38.5 Å². The minimum Gasteiger partial charge on any atom is -0.481 e. The van der Waals surface area contributed by atoms with Crippen LogP contribution >= 0.6 is 0 Å². The highest BCUT2D eigenvalue weighted by Gasteiger charge is 2.71. The number of ether oxygens (including phenoxy) is 1. The zero-order valence-corrected chi connectivity index (χ0v) is 36.4. The molecule has 14 atom stereocenters. The van der Waals surface area contributed by atoms with Crippen molar-refractivity contribution in [2.75, 3.05) is 31.1 Å². The molecule has 6 aliphatic carbocycles. The van der Waals surface area contributed by atoms with E-state index >= 15 is 0 Å². The van der Waals surface area contributed by atoms with Crippen molar-refractivity contribution < 1.29 is 33.0 Å². The molecule has 0 spiro atoms. The maximum absolute atomic E-state index is 13.6. The molecule has 0 radical (unpaired) electrons. The first-order chi connectivity index (χ1) is 25.5. The summed E-state index contributed by atoms with van der Waals surface area (Å²) in [6.07, 6.45) is 10.8. The quantitative estimate of drug-likeness (QED) is 0.165. The normalized spacial score (nSPS) is 46.7. The van der Waals surface area contributed by atoms with E-state index in [2.05, 4.69) is 58.3 Å². The lowest BCUT2D eigenvalue weighted by Gasteiger charge is -2.73. The Morgan fingerprint density at radius 1 is 0.855 bits per heavy atom. The number of aliphatic carboxylic acids is 1. The predicted molar refractivity (Wildman–Crippen MR) is 216 cm³/mol. The number of carboxylic acid groups (broad SMARTS) is 1. The van der Waals surface area contributed by atoms with Crippen molar-refractivity contribution in [2.24, 2.45) is 68.5 Å². The molecule has 3 N–H and O–H groups in total. The Labute approximate surface area is 332 Å². The van der Waals surface area contributed by atoms with Gasteiger partial charge in [-0.05, 0) is 136 Å². The highest BCUT2D eigenvalue weighted by atomic mass is 32.2. The molecule has 55 heavy (non-hydrogen) atoms. The van der Waals surface area contributed by atoms with Crippen molar-refractivity contribution in [3.05, 3.63) is 12.2 Å². The second kappa shape index (κ2) is 13.8. The number of nitrogens with zero attached hydrogens (tertiary/aromatic N) is 1. The van der Waals surface area contributed by atoms with Gasteiger partial charge in [-0.25, -0.2) is 8.42 Å². The van der Waals surface area contributed by atoms with Gasteiger partial charge in [0, 0.05) is 36.6 Å². The molecule has 312 valence electrons. The summed E-state index contributed by atoms with van der Waals surface area (Å²) in [5, 5.41) is 24.8. The molecule has 1 saturated heterocycles. The fraction of sp³-hybridized carbons (Fsp3) is 0.911. The van der Waals surface area contributed by atoms with Crippen LogP contribution in [-0.4, -0.2) is 90.4 Å². The van der Waals surface area contributed by atoms with Gasteiger partial charge in [-0.3, -0.25) is 14.5 Å². The van der Waals surface area contributed by atoms with Gasteiger partial charge in [-0.15, -0.1) is 0 Å². The third-order valence-corrected chi connectivity index (χ3v) is 20.8. The van der Waals surface area contributed by atoms with Gasteiger partial charge in [-0.1, -0.05) is 60.6 Å². The molecule has 0 amide bonds. The molecule has 1 aliphatic heterocycles. The Morgan fingerprint density at radius 2 is 1.53 bits per heavy atom. The molecule has 7 rings (SSSR count). The van der Waals surface area contributed by atoms with Crippen LogP contribution in [-0.2, 0) is 24.2 Å². The van der Waals surface area contributed by atoms with Crippen LogP contribution in [0.2, 0.25) is 0 Å². The minimum absolute atomic E-state index is 0.0174. The monoisotopic (exact) mass is 787 g/mol. The first-order valence-electron chi connectivity index (χ1n) is 21.9. The number of aliphatic hydroxyl groups excluding tert-OH is 1. The molecule has 0 aromatic rings. The van der Waals surface area contributed by atoms with Crippen LogP contribution in [0, 0.1) is 68.5 Å². The molecular weight excluding hydrogens is 713 g/mol. The lowest BCUT2D eigenvalue weighted by Crippen LogP contribution is -2.69. The minimum atomic E-state index is -3.00. The molecule has 0 bridgehead atoms.